The molecule has 0 atom stereocenters. The number of rotatable bonds is 3. The molecule has 0 bridgehead atoms. The number of nitro benzene ring substituents is 1. The van der Waals surface area contributed by atoms with Gasteiger partial charge in [0, 0.05) is 5.56 Å². The molecule has 0 fully saturated rings. The van der Waals surface area contributed by atoms with Crippen molar-refractivity contribution in [3.63, 3.8) is 0 Å². The molecular formula is C14H12ClN3O3. The van der Waals surface area contributed by atoms with Crippen molar-refractivity contribution in [2.24, 2.45) is 0 Å². The fraction of sp³-hybridized carbons (Fsp3) is 0.143. The number of para-hydroxylation sites is 1. The summed E-state index contributed by atoms with van der Waals surface area (Å²) in [5.41, 5.74) is 1.23. The SMILES string of the molecule is Cc1cccc(C(=O)Nc2ccc(Cl)nc2C)c1[N+](=O)[O-]. The van der Waals surface area contributed by atoms with Crippen molar-refractivity contribution >= 4 is 28.9 Å². The largest absolute Gasteiger partial charge is 0.320 e. The van der Waals surface area contributed by atoms with E-state index in [1.165, 1.54) is 12.1 Å². The van der Waals surface area contributed by atoms with Gasteiger partial charge in [0.1, 0.15) is 10.7 Å². The van der Waals surface area contributed by atoms with Crippen molar-refractivity contribution in [3.05, 3.63) is 62.4 Å². The number of carbonyl (C=O) groups is 1. The third-order valence-corrected chi connectivity index (χ3v) is 3.18. The number of halogens is 1. The molecule has 0 radical (unpaired) electrons. The molecule has 1 aromatic heterocycles. The number of anilines is 1. The van der Waals surface area contributed by atoms with Crippen molar-refractivity contribution in [1.29, 1.82) is 0 Å². The standard InChI is InChI=1S/C14H12ClN3O3/c1-8-4-3-5-10(13(8)18(20)21)14(19)17-11-6-7-12(15)16-9(11)2/h3-7H,1-2H3,(H,17,19). The minimum absolute atomic E-state index is 0.00866. The predicted molar refractivity (Wildman–Crippen MR) is 79.8 cm³/mol. The topological polar surface area (TPSA) is 85.1 Å². The molecule has 1 heterocycles. The molecule has 6 nitrogen and oxygen atoms in total. The zero-order valence-corrected chi connectivity index (χ0v) is 12.1. The second-order valence-corrected chi connectivity index (χ2v) is 4.84. The van der Waals surface area contributed by atoms with Crippen LogP contribution in [0.1, 0.15) is 21.6 Å². The number of nitro groups is 1. The Balaban J connectivity index is 2.37. The molecule has 1 aromatic carbocycles. The molecule has 0 aliphatic heterocycles. The van der Waals surface area contributed by atoms with Crippen LogP contribution in [-0.4, -0.2) is 15.8 Å². The number of pyridine rings is 1. The van der Waals surface area contributed by atoms with E-state index >= 15 is 0 Å². The normalized spacial score (nSPS) is 10.2. The van der Waals surface area contributed by atoms with Gasteiger partial charge in [-0.3, -0.25) is 14.9 Å². The fourth-order valence-electron chi connectivity index (χ4n) is 1.94. The monoisotopic (exact) mass is 305 g/mol. The first kappa shape index (κ1) is 14.9. The minimum atomic E-state index is -0.558. The maximum absolute atomic E-state index is 12.3. The third kappa shape index (κ3) is 3.17. The zero-order valence-electron chi connectivity index (χ0n) is 11.4. The second kappa shape index (κ2) is 5.88. The Bertz CT molecular complexity index is 731. The van der Waals surface area contributed by atoms with E-state index in [4.69, 9.17) is 11.6 Å². The molecule has 2 rings (SSSR count). The molecule has 0 saturated carbocycles. The van der Waals surface area contributed by atoms with Gasteiger partial charge in [0.05, 0.1) is 16.3 Å². The van der Waals surface area contributed by atoms with Crippen LogP contribution in [0.4, 0.5) is 11.4 Å². The van der Waals surface area contributed by atoms with Crippen LogP contribution in [0.2, 0.25) is 5.15 Å². The Morgan fingerprint density at radius 3 is 2.62 bits per heavy atom. The summed E-state index contributed by atoms with van der Waals surface area (Å²) in [6.45, 7) is 3.27. The molecule has 21 heavy (non-hydrogen) atoms. The maximum atomic E-state index is 12.3. The van der Waals surface area contributed by atoms with E-state index in [0.717, 1.165) is 0 Å². The summed E-state index contributed by atoms with van der Waals surface area (Å²) >= 11 is 5.74. The molecule has 0 saturated heterocycles. The molecular weight excluding hydrogens is 294 g/mol. The van der Waals surface area contributed by atoms with Crippen LogP contribution in [0.3, 0.4) is 0 Å². The van der Waals surface area contributed by atoms with Crippen LogP contribution in [0, 0.1) is 24.0 Å². The lowest BCUT2D eigenvalue weighted by Gasteiger charge is -2.09. The summed E-state index contributed by atoms with van der Waals surface area (Å²) < 4.78 is 0. The Morgan fingerprint density at radius 1 is 1.29 bits per heavy atom. The highest BCUT2D eigenvalue weighted by molar-refractivity contribution is 6.29. The molecule has 108 valence electrons. The summed E-state index contributed by atoms with van der Waals surface area (Å²) in [7, 11) is 0. The predicted octanol–water partition coefficient (Wildman–Crippen LogP) is 3.51. The van der Waals surface area contributed by atoms with Crippen molar-refractivity contribution in [2.75, 3.05) is 5.32 Å². The van der Waals surface area contributed by atoms with E-state index in [1.54, 1.807) is 32.0 Å². The summed E-state index contributed by atoms with van der Waals surface area (Å²) in [5, 5.41) is 14.0. The Kier molecular flexibility index (Phi) is 4.18. The van der Waals surface area contributed by atoms with Gasteiger partial charge in [0.25, 0.3) is 11.6 Å². The molecule has 1 amide bonds. The quantitative estimate of drug-likeness (QED) is 0.534. The number of hydrogen-bond acceptors (Lipinski definition) is 4. The Hall–Kier alpha value is -2.47. The van der Waals surface area contributed by atoms with Crippen molar-refractivity contribution in [1.82, 2.24) is 4.98 Å². The van der Waals surface area contributed by atoms with Crippen LogP contribution < -0.4 is 5.32 Å². The highest BCUT2D eigenvalue weighted by Gasteiger charge is 2.22. The van der Waals surface area contributed by atoms with Crippen LogP contribution in [0.15, 0.2) is 30.3 Å². The van der Waals surface area contributed by atoms with Gasteiger partial charge >= 0.3 is 0 Å². The van der Waals surface area contributed by atoms with E-state index in [9.17, 15) is 14.9 Å². The van der Waals surface area contributed by atoms with Crippen molar-refractivity contribution < 1.29 is 9.72 Å². The van der Waals surface area contributed by atoms with Crippen LogP contribution in [-0.2, 0) is 0 Å². The van der Waals surface area contributed by atoms with E-state index in [-0.39, 0.29) is 11.3 Å². The van der Waals surface area contributed by atoms with Gasteiger partial charge in [-0.2, -0.15) is 0 Å². The zero-order chi connectivity index (χ0) is 15.6. The summed E-state index contributed by atoms with van der Waals surface area (Å²) in [4.78, 5) is 26.8. The third-order valence-electron chi connectivity index (χ3n) is 2.96. The number of hydrogen-bond donors (Lipinski definition) is 1. The molecule has 2 aromatic rings. The molecule has 1 N–H and O–H groups in total. The van der Waals surface area contributed by atoms with E-state index < -0.39 is 10.8 Å². The van der Waals surface area contributed by atoms with Crippen LogP contribution in [0.25, 0.3) is 0 Å². The first-order valence-electron chi connectivity index (χ1n) is 6.08. The van der Waals surface area contributed by atoms with Gasteiger partial charge < -0.3 is 5.32 Å². The lowest BCUT2D eigenvalue weighted by atomic mass is 10.1. The number of nitrogens with one attached hydrogen (secondary N) is 1. The molecule has 7 heteroatoms. The van der Waals surface area contributed by atoms with Gasteiger partial charge in [-0.05, 0) is 32.0 Å². The lowest BCUT2D eigenvalue weighted by Crippen LogP contribution is -2.15. The number of benzene rings is 1. The molecule has 0 aliphatic rings. The molecule has 0 spiro atoms. The average Bonchev–Trinajstić information content (AvgIpc) is 2.41. The molecule has 0 unspecified atom stereocenters. The summed E-state index contributed by atoms with van der Waals surface area (Å²) in [6, 6.07) is 7.74. The smallest absolute Gasteiger partial charge is 0.285 e. The number of carbonyl (C=O) groups excluding carboxylic acids is 1. The summed E-state index contributed by atoms with van der Waals surface area (Å²) in [5.74, 6) is -0.558. The van der Waals surface area contributed by atoms with Gasteiger partial charge in [0.2, 0.25) is 0 Å². The van der Waals surface area contributed by atoms with Crippen molar-refractivity contribution in [3.8, 4) is 0 Å². The number of aryl methyl sites for hydroxylation is 2. The Labute approximate surface area is 125 Å². The van der Waals surface area contributed by atoms with Gasteiger partial charge in [-0.25, -0.2) is 4.98 Å². The summed E-state index contributed by atoms with van der Waals surface area (Å²) in [6.07, 6.45) is 0. The van der Waals surface area contributed by atoms with E-state index in [0.29, 0.717) is 22.1 Å². The first-order valence-corrected chi connectivity index (χ1v) is 6.46. The minimum Gasteiger partial charge on any atom is -0.320 e. The van der Waals surface area contributed by atoms with Gasteiger partial charge in [0.15, 0.2) is 0 Å². The highest BCUT2D eigenvalue weighted by atomic mass is 35.5. The number of nitrogens with zero attached hydrogens (tertiary/aromatic N) is 2. The average molecular weight is 306 g/mol. The Morgan fingerprint density at radius 2 is 2.00 bits per heavy atom. The molecule has 0 aliphatic carbocycles. The van der Waals surface area contributed by atoms with Gasteiger partial charge in [-0.1, -0.05) is 23.7 Å². The fourth-order valence-corrected chi connectivity index (χ4v) is 2.13. The van der Waals surface area contributed by atoms with Crippen molar-refractivity contribution in [2.45, 2.75) is 13.8 Å². The number of amides is 1. The van der Waals surface area contributed by atoms with E-state index in [1.807, 2.05) is 0 Å². The lowest BCUT2D eigenvalue weighted by molar-refractivity contribution is -0.385. The second-order valence-electron chi connectivity index (χ2n) is 4.45. The first-order chi connectivity index (χ1) is 9.90. The van der Waals surface area contributed by atoms with Gasteiger partial charge in [-0.15, -0.1) is 0 Å². The van der Waals surface area contributed by atoms with Crippen LogP contribution in [0.5, 0.6) is 0 Å². The maximum Gasteiger partial charge on any atom is 0.285 e. The highest BCUT2D eigenvalue weighted by Crippen LogP contribution is 2.24. The van der Waals surface area contributed by atoms with E-state index in [2.05, 4.69) is 10.3 Å². The van der Waals surface area contributed by atoms with Crippen LogP contribution >= 0.6 is 11.6 Å². The number of aromatic nitrogens is 1.